The van der Waals surface area contributed by atoms with E-state index in [0.717, 1.165) is 0 Å². The van der Waals surface area contributed by atoms with Gasteiger partial charge in [0.15, 0.2) is 11.5 Å². The Morgan fingerprint density at radius 2 is 1.57 bits per heavy atom. The molecule has 5 rings (SSSR count). The molecule has 40 heavy (non-hydrogen) atoms. The topological polar surface area (TPSA) is 124 Å². The number of ether oxygens (including phenoxy) is 4. The molecule has 0 unspecified atom stereocenters. The Bertz CT molecular complexity index is 1290. The van der Waals surface area contributed by atoms with Gasteiger partial charge in [0.1, 0.15) is 5.82 Å². The van der Waals surface area contributed by atoms with Crippen LogP contribution in [0.1, 0.15) is 22.8 Å². The Hall–Kier alpha value is -4.36. The fraction of sp³-hybridized carbons (Fsp3) is 0.370. The number of benzene rings is 2. The molecular weight excluding hydrogens is 521 g/mol. The molecule has 1 N–H and O–H groups in total. The lowest BCUT2D eigenvalue weighted by Gasteiger charge is -2.30. The second kappa shape index (κ2) is 13.1. The number of aromatic nitrogens is 3. The molecule has 2 aromatic carbocycles. The van der Waals surface area contributed by atoms with Crippen molar-refractivity contribution in [2.45, 2.75) is 6.92 Å². The maximum atomic E-state index is 13.2. The predicted molar refractivity (Wildman–Crippen MR) is 146 cm³/mol. The number of hydrogen-bond donors (Lipinski definition) is 1. The number of carbonyl (C=O) groups is 1. The summed E-state index contributed by atoms with van der Waals surface area (Å²) in [5, 5.41) is 4.32. The van der Waals surface area contributed by atoms with E-state index in [1.165, 1.54) is 24.3 Å². The smallest absolute Gasteiger partial charge is 0.343 e. The highest BCUT2D eigenvalue weighted by Crippen LogP contribution is 2.29. The van der Waals surface area contributed by atoms with Gasteiger partial charge >= 0.3 is 5.97 Å². The molecule has 2 fully saturated rings. The molecule has 0 bridgehead atoms. The lowest BCUT2D eigenvalue weighted by Crippen LogP contribution is -2.40. The molecule has 2 aliphatic heterocycles. The number of carbonyl (C=O) groups excluding carboxylic acids is 1. The molecule has 0 amide bonds. The third kappa shape index (κ3) is 6.98. The zero-order chi connectivity index (χ0) is 27.7. The van der Waals surface area contributed by atoms with E-state index in [0.29, 0.717) is 88.4 Å². The maximum Gasteiger partial charge on any atom is 0.343 e. The summed E-state index contributed by atoms with van der Waals surface area (Å²) in [7, 11) is 0. The van der Waals surface area contributed by atoms with Crippen LogP contribution in [-0.2, 0) is 9.47 Å². The second-order valence-electron chi connectivity index (χ2n) is 8.86. The Labute approximate surface area is 230 Å². The van der Waals surface area contributed by atoms with Gasteiger partial charge in [-0.05, 0) is 55.0 Å². The third-order valence-corrected chi connectivity index (χ3v) is 6.13. The molecule has 12 nitrogen and oxygen atoms in total. The van der Waals surface area contributed by atoms with E-state index in [1.54, 1.807) is 24.4 Å². The van der Waals surface area contributed by atoms with Crippen molar-refractivity contribution in [2.75, 3.05) is 74.4 Å². The summed E-state index contributed by atoms with van der Waals surface area (Å²) in [5.41, 5.74) is 3.83. The first-order valence-electron chi connectivity index (χ1n) is 13.0. The average molecular weight is 552 g/mol. The number of rotatable bonds is 9. The van der Waals surface area contributed by atoms with Gasteiger partial charge in [0.05, 0.1) is 44.8 Å². The summed E-state index contributed by atoms with van der Waals surface area (Å²) in [4.78, 5) is 30.5. The van der Waals surface area contributed by atoms with E-state index >= 15 is 0 Å². The number of nitrogens with zero attached hydrogens (tertiary/aromatic N) is 6. The van der Waals surface area contributed by atoms with Crippen LogP contribution in [0, 0.1) is 5.82 Å². The van der Waals surface area contributed by atoms with Crippen LogP contribution in [-0.4, -0.2) is 86.3 Å². The minimum absolute atomic E-state index is 0.226. The van der Waals surface area contributed by atoms with Crippen molar-refractivity contribution < 1.29 is 28.1 Å². The first-order valence-corrected chi connectivity index (χ1v) is 13.0. The number of hydrogen-bond acceptors (Lipinski definition) is 12. The summed E-state index contributed by atoms with van der Waals surface area (Å²) >= 11 is 0. The van der Waals surface area contributed by atoms with Crippen LogP contribution in [0.3, 0.4) is 0 Å². The van der Waals surface area contributed by atoms with Gasteiger partial charge in [-0.15, -0.1) is 0 Å². The second-order valence-corrected chi connectivity index (χ2v) is 8.86. The van der Waals surface area contributed by atoms with Crippen LogP contribution < -0.4 is 24.7 Å². The van der Waals surface area contributed by atoms with Crippen LogP contribution in [0.5, 0.6) is 11.5 Å². The van der Waals surface area contributed by atoms with E-state index in [2.05, 4.69) is 35.3 Å². The maximum absolute atomic E-state index is 13.2. The Balaban J connectivity index is 1.31. The number of halogens is 1. The predicted octanol–water partition coefficient (Wildman–Crippen LogP) is 2.75. The SMILES string of the molecule is CCOc1cc(/C=N\Nc2nc(N3CCOCC3)nc(N3CCOCC3)n2)ccc1OC(=O)c1ccc(F)cc1. The minimum atomic E-state index is -0.619. The lowest BCUT2D eigenvalue weighted by molar-refractivity contribution is 0.0728. The summed E-state index contributed by atoms with van der Waals surface area (Å²) < 4.78 is 35.3. The first kappa shape index (κ1) is 27.2. The highest BCUT2D eigenvalue weighted by Gasteiger charge is 2.21. The van der Waals surface area contributed by atoms with Gasteiger partial charge < -0.3 is 28.7 Å². The van der Waals surface area contributed by atoms with Crippen molar-refractivity contribution in [3.05, 3.63) is 59.4 Å². The molecule has 13 heteroatoms. The fourth-order valence-corrected chi connectivity index (χ4v) is 4.08. The molecular formula is C27H30FN7O5. The number of morpholine rings is 2. The fourth-order valence-electron chi connectivity index (χ4n) is 4.08. The van der Waals surface area contributed by atoms with Gasteiger partial charge in [-0.1, -0.05) is 0 Å². The summed E-state index contributed by atoms with van der Waals surface area (Å²) in [6.07, 6.45) is 1.58. The van der Waals surface area contributed by atoms with Crippen LogP contribution >= 0.6 is 0 Å². The van der Waals surface area contributed by atoms with Crippen molar-refractivity contribution in [1.82, 2.24) is 15.0 Å². The summed E-state index contributed by atoms with van der Waals surface area (Å²) in [6.45, 7) is 7.37. The van der Waals surface area contributed by atoms with Crippen molar-refractivity contribution >= 4 is 30.0 Å². The molecule has 3 aromatic rings. The number of anilines is 3. The minimum Gasteiger partial charge on any atom is -0.490 e. The van der Waals surface area contributed by atoms with Crippen molar-refractivity contribution in [2.24, 2.45) is 5.10 Å². The van der Waals surface area contributed by atoms with E-state index in [-0.39, 0.29) is 11.3 Å². The number of hydrazone groups is 1. The van der Waals surface area contributed by atoms with Crippen molar-refractivity contribution in [1.29, 1.82) is 0 Å². The van der Waals surface area contributed by atoms with E-state index in [4.69, 9.17) is 18.9 Å². The number of esters is 1. The molecule has 3 heterocycles. The van der Waals surface area contributed by atoms with Gasteiger partial charge in [0.2, 0.25) is 17.8 Å². The van der Waals surface area contributed by atoms with Gasteiger partial charge in [-0.2, -0.15) is 20.1 Å². The molecule has 0 atom stereocenters. The molecule has 2 aliphatic rings. The van der Waals surface area contributed by atoms with Gasteiger partial charge in [0.25, 0.3) is 0 Å². The molecule has 2 saturated heterocycles. The van der Waals surface area contributed by atoms with Crippen molar-refractivity contribution in [3.63, 3.8) is 0 Å². The standard InChI is InChI=1S/C27H30FN7O5/c1-2-39-23-17-19(3-8-22(23)40-24(36)20-4-6-21(28)7-5-20)18-29-33-25-30-26(34-9-13-37-14-10-34)32-27(31-25)35-11-15-38-16-12-35/h3-8,17-18H,2,9-16H2,1H3,(H,30,31,32,33)/b29-18-. The monoisotopic (exact) mass is 551 g/mol. The highest BCUT2D eigenvalue weighted by molar-refractivity contribution is 5.91. The first-order chi connectivity index (χ1) is 19.6. The van der Waals surface area contributed by atoms with Crippen LogP contribution in [0.2, 0.25) is 0 Å². The zero-order valence-electron chi connectivity index (χ0n) is 22.1. The molecule has 0 spiro atoms. The molecule has 0 saturated carbocycles. The Morgan fingerprint density at radius 3 is 2.17 bits per heavy atom. The van der Waals surface area contributed by atoms with E-state index in [1.807, 2.05) is 6.92 Å². The summed E-state index contributed by atoms with van der Waals surface area (Å²) in [6, 6.07) is 10.2. The van der Waals surface area contributed by atoms with Gasteiger partial charge in [0, 0.05) is 26.2 Å². The molecule has 0 aliphatic carbocycles. The van der Waals surface area contributed by atoms with Gasteiger partial charge in [-0.25, -0.2) is 14.6 Å². The van der Waals surface area contributed by atoms with Crippen LogP contribution in [0.4, 0.5) is 22.2 Å². The quantitative estimate of drug-likeness (QED) is 0.183. The van der Waals surface area contributed by atoms with Crippen LogP contribution in [0.25, 0.3) is 0 Å². The Kier molecular flexibility index (Phi) is 8.93. The third-order valence-electron chi connectivity index (χ3n) is 6.13. The normalized spacial score (nSPS) is 15.8. The highest BCUT2D eigenvalue weighted by atomic mass is 19.1. The van der Waals surface area contributed by atoms with Crippen molar-refractivity contribution in [3.8, 4) is 11.5 Å². The largest absolute Gasteiger partial charge is 0.490 e. The molecule has 1 aromatic heterocycles. The van der Waals surface area contributed by atoms with E-state index in [9.17, 15) is 9.18 Å². The Morgan fingerprint density at radius 1 is 0.950 bits per heavy atom. The van der Waals surface area contributed by atoms with Gasteiger partial charge in [-0.3, -0.25) is 0 Å². The van der Waals surface area contributed by atoms with Crippen LogP contribution in [0.15, 0.2) is 47.6 Å². The summed E-state index contributed by atoms with van der Waals surface area (Å²) in [5.74, 6) is 0.980. The van der Waals surface area contributed by atoms with E-state index < -0.39 is 11.8 Å². The molecule has 0 radical (unpaired) electrons. The number of nitrogens with one attached hydrogen (secondary N) is 1. The lowest BCUT2D eigenvalue weighted by atomic mass is 10.2. The molecule has 210 valence electrons. The zero-order valence-corrected chi connectivity index (χ0v) is 22.1. The average Bonchev–Trinajstić information content (AvgIpc) is 2.99.